The third kappa shape index (κ3) is 1.56. The molecule has 2 aromatic rings. The fourth-order valence-electron chi connectivity index (χ4n) is 1.68. The molecule has 72 valence electrons. The normalized spacial score (nSPS) is 13.1. The van der Waals surface area contributed by atoms with Gasteiger partial charge >= 0.3 is 0 Å². The van der Waals surface area contributed by atoms with Crippen LogP contribution >= 0.6 is 15.9 Å². The largest absolute Gasteiger partial charge is 0.324 e. The van der Waals surface area contributed by atoms with Crippen LogP contribution in [0.3, 0.4) is 0 Å². The summed E-state index contributed by atoms with van der Waals surface area (Å²) in [4.78, 5) is 0. The third-order valence-corrected chi connectivity index (χ3v) is 3.09. The molecule has 2 heteroatoms. The summed E-state index contributed by atoms with van der Waals surface area (Å²) >= 11 is 3.54. The van der Waals surface area contributed by atoms with E-state index in [4.69, 9.17) is 5.73 Å². The van der Waals surface area contributed by atoms with Crippen LogP contribution in [0.2, 0.25) is 0 Å². The van der Waals surface area contributed by atoms with E-state index in [2.05, 4.69) is 40.2 Å². The smallest absolute Gasteiger partial charge is 0.0272 e. The zero-order chi connectivity index (χ0) is 10.1. The van der Waals surface area contributed by atoms with Gasteiger partial charge in [-0.25, -0.2) is 0 Å². The Bertz CT molecular complexity index is 463. The highest BCUT2D eigenvalue weighted by Gasteiger charge is 2.06. The molecule has 2 rings (SSSR count). The van der Waals surface area contributed by atoms with Crippen LogP contribution in [0.1, 0.15) is 18.5 Å². The minimum Gasteiger partial charge on any atom is -0.324 e. The molecule has 0 spiro atoms. The minimum atomic E-state index is 0.0769. The van der Waals surface area contributed by atoms with Gasteiger partial charge in [-0.2, -0.15) is 0 Å². The molecule has 1 nitrogen and oxygen atoms in total. The molecule has 14 heavy (non-hydrogen) atoms. The number of fused-ring (bicyclic) bond motifs is 1. The van der Waals surface area contributed by atoms with Crippen LogP contribution in [0, 0.1) is 0 Å². The first-order chi connectivity index (χ1) is 6.70. The summed E-state index contributed by atoms with van der Waals surface area (Å²) in [7, 11) is 0. The van der Waals surface area contributed by atoms with Gasteiger partial charge in [-0.15, -0.1) is 0 Å². The lowest BCUT2D eigenvalue weighted by Crippen LogP contribution is -2.05. The predicted octanol–water partition coefficient (Wildman–Crippen LogP) is 3.62. The maximum Gasteiger partial charge on any atom is 0.0272 e. The molecule has 2 N–H and O–H groups in total. The number of rotatable bonds is 1. The van der Waals surface area contributed by atoms with Crippen molar-refractivity contribution in [2.75, 3.05) is 0 Å². The van der Waals surface area contributed by atoms with Gasteiger partial charge < -0.3 is 5.73 Å². The average molecular weight is 250 g/mol. The Kier molecular flexibility index (Phi) is 2.57. The zero-order valence-corrected chi connectivity index (χ0v) is 9.58. The van der Waals surface area contributed by atoms with Crippen molar-refractivity contribution >= 4 is 26.7 Å². The summed E-state index contributed by atoms with van der Waals surface area (Å²) < 4.78 is 1.12. The van der Waals surface area contributed by atoms with Gasteiger partial charge in [0.25, 0.3) is 0 Å². The van der Waals surface area contributed by atoms with Crippen LogP contribution in [-0.2, 0) is 0 Å². The fraction of sp³-hybridized carbons (Fsp3) is 0.167. The molecule has 1 atom stereocenters. The Balaban J connectivity index is 2.82. The molecule has 1 unspecified atom stereocenters. The van der Waals surface area contributed by atoms with Gasteiger partial charge in [0.15, 0.2) is 0 Å². The van der Waals surface area contributed by atoms with Crippen molar-refractivity contribution in [1.82, 2.24) is 0 Å². The van der Waals surface area contributed by atoms with Crippen LogP contribution in [0.25, 0.3) is 10.8 Å². The van der Waals surface area contributed by atoms with Crippen molar-refractivity contribution in [3.8, 4) is 0 Å². The molecule has 0 saturated carbocycles. The molecular weight excluding hydrogens is 238 g/mol. The highest BCUT2D eigenvalue weighted by Crippen LogP contribution is 2.29. The first kappa shape index (κ1) is 9.69. The van der Waals surface area contributed by atoms with E-state index < -0.39 is 0 Å². The second kappa shape index (κ2) is 3.71. The van der Waals surface area contributed by atoms with Gasteiger partial charge in [0.2, 0.25) is 0 Å². The van der Waals surface area contributed by atoms with E-state index in [1.807, 2.05) is 19.1 Å². The highest BCUT2D eigenvalue weighted by molar-refractivity contribution is 9.10. The topological polar surface area (TPSA) is 26.0 Å². The van der Waals surface area contributed by atoms with Gasteiger partial charge in [0, 0.05) is 10.5 Å². The standard InChI is InChI=1S/C12H12BrN/c1-8(14)9-6-7-12(13)11-5-3-2-4-10(9)11/h2-8H,14H2,1H3. The molecule has 0 bridgehead atoms. The first-order valence-electron chi connectivity index (χ1n) is 4.63. The van der Waals surface area contributed by atoms with Crippen LogP contribution in [0.5, 0.6) is 0 Å². The molecular formula is C12H12BrN. The quantitative estimate of drug-likeness (QED) is 0.821. The summed E-state index contributed by atoms with van der Waals surface area (Å²) in [5.74, 6) is 0. The Morgan fingerprint density at radius 3 is 2.36 bits per heavy atom. The molecule has 0 saturated heterocycles. The van der Waals surface area contributed by atoms with Gasteiger partial charge in [-0.3, -0.25) is 0 Å². The van der Waals surface area contributed by atoms with Gasteiger partial charge in [0.1, 0.15) is 0 Å². The Morgan fingerprint density at radius 2 is 1.71 bits per heavy atom. The lowest BCUT2D eigenvalue weighted by atomic mass is 10.0. The molecule has 0 aliphatic heterocycles. The lowest BCUT2D eigenvalue weighted by Gasteiger charge is -2.10. The number of hydrogen-bond acceptors (Lipinski definition) is 1. The summed E-state index contributed by atoms with van der Waals surface area (Å²) in [6.45, 7) is 2.01. The zero-order valence-electron chi connectivity index (χ0n) is 8.00. The van der Waals surface area contributed by atoms with E-state index >= 15 is 0 Å². The van der Waals surface area contributed by atoms with Crippen molar-refractivity contribution in [2.24, 2.45) is 5.73 Å². The Hall–Kier alpha value is -0.860. The van der Waals surface area contributed by atoms with Crippen molar-refractivity contribution in [3.05, 3.63) is 46.4 Å². The SMILES string of the molecule is CC(N)c1ccc(Br)c2ccccc12. The molecule has 0 heterocycles. The van der Waals surface area contributed by atoms with E-state index in [0.29, 0.717) is 0 Å². The van der Waals surface area contributed by atoms with Crippen LogP contribution < -0.4 is 5.73 Å². The summed E-state index contributed by atoms with van der Waals surface area (Å²) in [6, 6.07) is 12.5. The van der Waals surface area contributed by atoms with Crippen LogP contribution in [0.15, 0.2) is 40.9 Å². The van der Waals surface area contributed by atoms with Crippen molar-refractivity contribution in [3.63, 3.8) is 0 Å². The fourth-order valence-corrected chi connectivity index (χ4v) is 2.16. The van der Waals surface area contributed by atoms with E-state index in [0.717, 1.165) is 4.47 Å². The molecule has 2 aromatic carbocycles. The summed E-state index contributed by atoms with van der Waals surface area (Å²) in [5, 5.41) is 2.46. The third-order valence-electron chi connectivity index (χ3n) is 2.40. The number of hydrogen-bond donors (Lipinski definition) is 1. The van der Waals surface area contributed by atoms with Crippen LogP contribution in [0.4, 0.5) is 0 Å². The van der Waals surface area contributed by atoms with Crippen molar-refractivity contribution in [2.45, 2.75) is 13.0 Å². The maximum absolute atomic E-state index is 5.91. The Morgan fingerprint density at radius 1 is 1.07 bits per heavy atom. The second-order valence-corrected chi connectivity index (χ2v) is 4.33. The highest BCUT2D eigenvalue weighted by atomic mass is 79.9. The van der Waals surface area contributed by atoms with E-state index in [-0.39, 0.29) is 6.04 Å². The summed E-state index contributed by atoms with van der Waals surface area (Å²) in [6.07, 6.45) is 0. The number of nitrogens with two attached hydrogens (primary N) is 1. The van der Waals surface area contributed by atoms with Gasteiger partial charge in [-0.1, -0.05) is 46.3 Å². The van der Waals surface area contributed by atoms with Crippen molar-refractivity contribution in [1.29, 1.82) is 0 Å². The second-order valence-electron chi connectivity index (χ2n) is 3.47. The molecule has 0 aliphatic carbocycles. The van der Waals surface area contributed by atoms with E-state index in [1.54, 1.807) is 0 Å². The number of benzene rings is 2. The minimum absolute atomic E-state index is 0.0769. The molecule has 0 aliphatic rings. The summed E-state index contributed by atoms with van der Waals surface area (Å²) in [5.41, 5.74) is 7.11. The maximum atomic E-state index is 5.91. The van der Waals surface area contributed by atoms with E-state index in [9.17, 15) is 0 Å². The Labute approximate surface area is 92.1 Å². The van der Waals surface area contributed by atoms with E-state index in [1.165, 1.54) is 16.3 Å². The molecule has 0 radical (unpaired) electrons. The van der Waals surface area contributed by atoms with Gasteiger partial charge in [-0.05, 0) is 29.3 Å². The molecule has 0 aromatic heterocycles. The lowest BCUT2D eigenvalue weighted by molar-refractivity contribution is 0.826. The average Bonchev–Trinajstić information content (AvgIpc) is 2.18. The van der Waals surface area contributed by atoms with Gasteiger partial charge in [0.05, 0.1) is 0 Å². The number of halogens is 1. The predicted molar refractivity (Wildman–Crippen MR) is 64.3 cm³/mol. The molecule has 0 amide bonds. The monoisotopic (exact) mass is 249 g/mol. The van der Waals surface area contributed by atoms with Crippen molar-refractivity contribution < 1.29 is 0 Å². The van der Waals surface area contributed by atoms with Crippen LogP contribution in [-0.4, -0.2) is 0 Å². The first-order valence-corrected chi connectivity index (χ1v) is 5.42. The molecule has 0 fully saturated rings.